The Hall–Kier alpha value is -2.62. The van der Waals surface area contributed by atoms with E-state index in [-0.39, 0.29) is 11.7 Å². The smallest absolute Gasteiger partial charge is 0.249 e. The molecule has 1 heterocycles. The number of hydrogen-bond donors (Lipinski definition) is 1. The van der Waals surface area contributed by atoms with Crippen LogP contribution in [0.1, 0.15) is 65.9 Å². The number of rotatable bonds is 5. The van der Waals surface area contributed by atoms with Gasteiger partial charge in [-0.15, -0.1) is 0 Å². The lowest BCUT2D eigenvalue weighted by molar-refractivity contribution is -0.119. The SMILES string of the molecule is CCCc1cc(C(N)=O)c(-c2c(C)coc2C)c(C2=CCC(=O)CC2C)c1. The summed E-state index contributed by atoms with van der Waals surface area (Å²) < 4.78 is 5.62. The van der Waals surface area contributed by atoms with Gasteiger partial charge in [-0.2, -0.15) is 0 Å². The molecular formula is C23H27NO3. The van der Waals surface area contributed by atoms with Crippen molar-refractivity contribution in [2.75, 3.05) is 0 Å². The van der Waals surface area contributed by atoms with Gasteiger partial charge in [0.25, 0.3) is 0 Å². The second kappa shape index (κ2) is 7.55. The molecule has 4 nitrogen and oxygen atoms in total. The van der Waals surface area contributed by atoms with E-state index in [1.165, 1.54) is 0 Å². The van der Waals surface area contributed by atoms with Gasteiger partial charge in [0.1, 0.15) is 11.5 Å². The quantitative estimate of drug-likeness (QED) is 0.810. The highest BCUT2D eigenvalue weighted by Crippen LogP contribution is 2.42. The number of amides is 1. The Labute approximate surface area is 160 Å². The van der Waals surface area contributed by atoms with E-state index in [1.54, 1.807) is 6.26 Å². The highest BCUT2D eigenvalue weighted by atomic mass is 16.3. The van der Waals surface area contributed by atoms with Gasteiger partial charge < -0.3 is 10.2 Å². The van der Waals surface area contributed by atoms with Crippen molar-refractivity contribution in [1.82, 2.24) is 0 Å². The fourth-order valence-corrected chi connectivity index (χ4v) is 4.11. The summed E-state index contributed by atoms with van der Waals surface area (Å²) in [5.41, 5.74) is 12.3. The topological polar surface area (TPSA) is 73.3 Å². The van der Waals surface area contributed by atoms with Gasteiger partial charge in [-0.05, 0) is 54.5 Å². The van der Waals surface area contributed by atoms with Crippen LogP contribution in [0.4, 0.5) is 0 Å². The second-order valence-corrected chi connectivity index (χ2v) is 7.54. The largest absolute Gasteiger partial charge is 0.469 e. The molecule has 0 spiro atoms. The zero-order chi connectivity index (χ0) is 19.7. The average molecular weight is 365 g/mol. The molecule has 3 rings (SSSR count). The summed E-state index contributed by atoms with van der Waals surface area (Å²) in [4.78, 5) is 24.3. The predicted octanol–water partition coefficient (Wildman–Crippen LogP) is 5.00. The Morgan fingerprint density at radius 3 is 2.56 bits per heavy atom. The van der Waals surface area contributed by atoms with Gasteiger partial charge in [0.15, 0.2) is 0 Å². The van der Waals surface area contributed by atoms with Crippen LogP contribution in [0.3, 0.4) is 0 Å². The van der Waals surface area contributed by atoms with Crippen molar-refractivity contribution in [3.8, 4) is 11.1 Å². The van der Waals surface area contributed by atoms with Gasteiger partial charge in [0.05, 0.1) is 6.26 Å². The van der Waals surface area contributed by atoms with Crippen LogP contribution in [-0.2, 0) is 11.2 Å². The highest BCUT2D eigenvalue weighted by Gasteiger charge is 2.27. The molecule has 0 fully saturated rings. The zero-order valence-electron chi connectivity index (χ0n) is 16.5. The third-order valence-corrected chi connectivity index (χ3v) is 5.34. The zero-order valence-corrected chi connectivity index (χ0v) is 16.5. The molecule has 0 saturated heterocycles. The molecule has 1 aromatic heterocycles. The van der Waals surface area contributed by atoms with Crippen molar-refractivity contribution in [2.45, 2.75) is 53.4 Å². The van der Waals surface area contributed by atoms with Gasteiger partial charge in [-0.3, -0.25) is 9.59 Å². The number of primary amides is 1. The van der Waals surface area contributed by atoms with Crippen LogP contribution in [-0.4, -0.2) is 11.7 Å². The summed E-state index contributed by atoms with van der Waals surface area (Å²) in [6.07, 6.45) is 6.54. The molecule has 1 aromatic carbocycles. The minimum Gasteiger partial charge on any atom is -0.469 e. The summed E-state index contributed by atoms with van der Waals surface area (Å²) >= 11 is 0. The van der Waals surface area contributed by atoms with Gasteiger partial charge >= 0.3 is 0 Å². The number of carbonyl (C=O) groups excluding carboxylic acids is 2. The van der Waals surface area contributed by atoms with E-state index in [0.29, 0.717) is 18.4 Å². The molecule has 1 aliphatic rings. The molecule has 2 aromatic rings. The molecule has 4 heteroatoms. The summed E-state index contributed by atoms with van der Waals surface area (Å²) in [6.45, 7) is 8.06. The van der Waals surface area contributed by atoms with Crippen LogP contribution in [0, 0.1) is 19.8 Å². The maximum absolute atomic E-state index is 12.4. The molecule has 1 aliphatic carbocycles. The lowest BCUT2D eigenvalue weighted by Gasteiger charge is -2.25. The van der Waals surface area contributed by atoms with E-state index in [2.05, 4.69) is 19.9 Å². The van der Waals surface area contributed by atoms with Crippen LogP contribution in [0.2, 0.25) is 0 Å². The van der Waals surface area contributed by atoms with E-state index < -0.39 is 5.91 Å². The Kier molecular flexibility index (Phi) is 5.36. The van der Waals surface area contributed by atoms with E-state index in [4.69, 9.17) is 10.2 Å². The van der Waals surface area contributed by atoms with Crippen molar-refractivity contribution < 1.29 is 14.0 Å². The maximum Gasteiger partial charge on any atom is 0.249 e. The minimum atomic E-state index is -0.440. The number of nitrogens with two attached hydrogens (primary N) is 1. The first-order valence-electron chi connectivity index (χ1n) is 9.57. The normalized spacial score (nSPS) is 17.1. The van der Waals surface area contributed by atoms with Crippen LogP contribution in [0.15, 0.2) is 28.9 Å². The fourth-order valence-electron chi connectivity index (χ4n) is 4.11. The molecule has 1 atom stereocenters. The first-order valence-corrected chi connectivity index (χ1v) is 9.57. The van der Waals surface area contributed by atoms with E-state index in [9.17, 15) is 9.59 Å². The number of carbonyl (C=O) groups is 2. The van der Waals surface area contributed by atoms with Crippen molar-refractivity contribution in [2.24, 2.45) is 11.7 Å². The maximum atomic E-state index is 12.4. The molecule has 2 N–H and O–H groups in total. The minimum absolute atomic E-state index is 0.107. The van der Waals surface area contributed by atoms with Crippen LogP contribution < -0.4 is 5.73 Å². The Morgan fingerprint density at radius 1 is 1.26 bits per heavy atom. The number of ketones is 1. The number of furan rings is 1. The number of allylic oxidation sites excluding steroid dienone is 2. The molecule has 27 heavy (non-hydrogen) atoms. The summed E-state index contributed by atoms with van der Waals surface area (Å²) in [7, 11) is 0. The Balaban J connectivity index is 2.36. The molecule has 0 aliphatic heterocycles. The predicted molar refractivity (Wildman–Crippen MR) is 108 cm³/mol. The van der Waals surface area contributed by atoms with Crippen LogP contribution in [0.25, 0.3) is 16.7 Å². The lowest BCUT2D eigenvalue weighted by Crippen LogP contribution is -2.17. The van der Waals surface area contributed by atoms with E-state index >= 15 is 0 Å². The molecular weight excluding hydrogens is 338 g/mol. The number of hydrogen-bond acceptors (Lipinski definition) is 3. The summed E-state index contributed by atoms with van der Waals surface area (Å²) in [5.74, 6) is 0.683. The number of aryl methyl sites for hydroxylation is 3. The van der Waals surface area contributed by atoms with E-state index in [1.807, 2.05) is 26.0 Å². The van der Waals surface area contributed by atoms with Gasteiger partial charge in [0.2, 0.25) is 5.91 Å². The summed E-state index contributed by atoms with van der Waals surface area (Å²) in [6, 6.07) is 4.07. The first kappa shape index (κ1) is 19.2. The number of benzene rings is 1. The van der Waals surface area contributed by atoms with Crippen molar-refractivity contribution in [1.29, 1.82) is 0 Å². The van der Waals surface area contributed by atoms with Crippen molar-refractivity contribution in [3.63, 3.8) is 0 Å². The fraction of sp³-hybridized carbons (Fsp3) is 0.391. The molecule has 1 amide bonds. The standard InChI is InChI=1S/C23H27NO3/c1-5-6-16-10-19(18-8-7-17(25)9-13(18)2)22(20(11-16)23(24)26)21-14(3)12-27-15(21)4/h8,10-13H,5-7,9H2,1-4H3,(H2,24,26). The van der Waals surface area contributed by atoms with Gasteiger partial charge in [-0.1, -0.05) is 32.4 Å². The first-order chi connectivity index (χ1) is 12.8. The molecule has 0 saturated carbocycles. The van der Waals surface area contributed by atoms with E-state index in [0.717, 1.165) is 52.0 Å². The summed E-state index contributed by atoms with van der Waals surface area (Å²) in [5, 5.41) is 0. The molecule has 142 valence electrons. The molecule has 0 bridgehead atoms. The van der Waals surface area contributed by atoms with Crippen molar-refractivity contribution in [3.05, 3.63) is 52.5 Å². The van der Waals surface area contributed by atoms with Gasteiger partial charge in [0, 0.05) is 29.5 Å². The Morgan fingerprint density at radius 2 is 2.00 bits per heavy atom. The lowest BCUT2D eigenvalue weighted by atomic mass is 9.78. The van der Waals surface area contributed by atoms with Crippen LogP contribution >= 0.6 is 0 Å². The number of Topliss-reactive ketones (excluding diaryl/α,β-unsaturated/α-hetero) is 1. The highest BCUT2D eigenvalue weighted by molar-refractivity contribution is 6.04. The van der Waals surface area contributed by atoms with Crippen molar-refractivity contribution >= 4 is 17.3 Å². The molecule has 0 radical (unpaired) electrons. The Bertz CT molecular complexity index is 914. The molecule has 1 unspecified atom stereocenters. The third kappa shape index (κ3) is 3.61. The van der Waals surface area contributed by atoms with Crippen LogP contribution in [0.5, 0.6) is 0 Å². The average Bonchev–Trinajstić information content (AvgIpc) is 2.93. The second-order valence-electron chi connectivity index (χ2n) is 7.54. The monoisotopic (exact) mass is 365 g/mol. The third-order valence-electron chi connectivity index (χ3n) is 5.34. The van der Waals surface area contributed by atoms with Gasteiger partial charge in [-0.25, -0.2) is 0 Å².